The number of halogens is 2. The maximum Gasteiger partial charge on any atom is 0.188 e. The van der Waals surface area contributed by atoms with Crippen LogP contribution in [0.1, 0.15) is 5.56 Å². The zero-order valence-electron chi connectivity index (χ0n) is 10.5. The Morgan fingerprint density at radius 3 is 2.50 bits per heavy atom. The Morgan fingerprint density at radius 2 is 1.90 bits per heavy atom. The SMILES string of the molecule is Cc1csc(-c2onc(N)c2-c2ccc(Cl)cc2)c1Cl. The van der Waals surface area contributed by atoms with Crippen LogP contribution in [-0.4, -0.2) is 5.16 Å². The fraction of sp³-hybridized carbons (Fsp3) is 0.0714. The Labute approximate surface area is 129 Å². The van der Waals surface area contributed by atoms with Crippen molar-refractivity contribution in [1.29, 1.82) is 0 Å². The molecule has 3 nitrogen and oxygen atoms in total. The first-order chi connectivity index (χ1) is 9.58. The smallest absolute Gasteiger partial charge is 0.188 e. The summed E-state index contributed by atoms with van der Waals surface area (Å²) in [6.45, 7) is 1.95. The Morgan fingerprint density at radius 1 is 1.20 bits per heavy atom. The van der Waals surface area contributed by atoms with Gasteiger partial charge in [0.2, 0.25) is 0 Å². The molecule has 0 saturated carbocycles. The Bertz CT molecular complexity index is 762. The summed E-state index contributed by atoms with van der Waals surface area (Å²) in [5, 5.41) is 7.16. The molecule has 0 spiro atoms. The quantitative estimate of drug-likeness (QED) is 0.698. The average molecular weight is 325 g/mol. The van der Waals surface area contributed by atoms with Crippen LogP contribution in [0.4, 0.5) is 5.82 Å². The fourth-order valence-electron chi connectivity index (χ4n) is 1.94. The molecule has 0 aliphatic heterocycles. The van der Waals surface area contributed by atoms with E-state index in [-0.39, 0.29) is 0 Å². The van der Waals surface area contributed by atoms with Crippen LogP contribution in [0, 0.1) is 6.92 Å². The monoisotopic (exact) mass is 324 g/mol. The molecule has 3 rings (SSSR count). The van der Waals surface area contributed by atoms with Gasteiger partial charge in [-0.2, -0.15) is 0 Å². The topological polar surface area (TPSA) is 52.0 Å². The predicted molar refractivity (Wildman–Crippen MR) is 84.4 cm³/mol. The minimum absolute atomic E-state index is 0.337. The van der Waals surface area contributed by atoms with Crippen molar-refractivity contribution in [3.8, 4) is 21.8 Å². The maximum absolute atomic E-state index is 6.30. The van der Waals surface area contributed by atoms with E-state index in [9.17, 15) is 0 Å². The lowest BCUT2D eigenvalue weighted by atomic mass is 10.1. The van der Waals surface area contributed by atoms with Gasteiger partial charge in [0.1, 0.15) is 0 Å². The van der Waals surface area contributed by atoms with Gasteiger partial charge in [-0.3, -0.25) is 0 Å². The number of nitrogen functional groups attached to an aromatic ring is 1. The van der Waals surface area contributed by atoms with Crippen molar-refractivity contribution in [3.05, 3.63) is 45.3 Å². The van der Waals surface area contributed by atoms with Crippen LogP contribution in [0.2, 0.25) is 10.0 Å². The van der Waals surface area contributed by atoms with Crippen LogP contribution in [-0.2, 0) is 0 Å². The second kappa shape index (κ2) is 5.13. The summed E-state index contributed by atoms with van der Waals surface area (Å²) in [6, 6.07) is 7.36. The van der Waals surface area contributed by atoms with Crippen LogP contribution in [0.15, 0.2) is 34.2 Å². The molecular weight excluding hydrogens is 315 g/mol. The van der Waals surface area contributed by atoms with Gasteiger partial charge in [0.05, 0.1) is 15.5 Å². The summed E-state index contributed by atoms with van der Waals surface area (Å²) in [5.74, 6) is 0.928. The second-order valence-corrected chi connectivity index (χ2v) is 6.03. The molecule has 0 amide bonds. The highest BCUT2D eigenvalue weighted by molar-refractivity contribution is 7.14. The van der Waals surface area contributed by atoms with Crippen LogP contribution in [0.3, 0.4) is 0 Å². The van der Waals surface area contributed by atoms with E-state index in [0.717, 1.165) is 21.6 Å². The molecule has 2 aromatic heterocycles. The van der Waals surface area contributed by atoms with E-state index < -0.39 is 0 Å². The first-order valence-corrected chi connectivity index (χ1v) is 7.46. The first kappa shape index (κ1) is 13.5. The number of thiophene rings is 1. The van der Waals surface area contributed by atoms with Crippen molar-refractivity contribution >= 4 is 40.4 Å². The van der Waals surface area contributed by atoms with E-state index >= 15 is 0 Å². The molecular formula is C14H10Cl2N2OS. The number of nitrogens with zero attached hydrogens (tertiary/aromatic N) is 1. The van der Waals surface area contributed by atoms with Crippen molar-refractivity contribution in [2.75, 3.05) is 5.73 Å². The van der Waals surface area contributed by atoms with Gasteiger partial charge in [0.15, 0.2) is 11.6 Å². The third-order valence-corrected chi connectivity index (χ3v) is 4.90. The van der Waals surface area contributed by atoms with Crippen molar-refractivity contribution in [2.45, 2.75) is 6.92 Å². The molecule has 2 heterocycles. The zero-order chi connectivity index (χ0) is 14.3. The van der Waals surface area contributed by atoms with Crippen molar-refractivity contribution in [3.63, 3.8) is 0 Å². The van der Waals surface area contributed by atoms with E-state index in [1.807, 2.05) is 24.4 Å². The van der Waals surface area contributed by atoms with Gasteiger partial charge in [-0.1, -0.05) is 40.5 Å². The Kier molecular flexibility index (Phi) is 3.46. The molecule has 0 fully saturated rings. The van der Waals surface area contributed by atoms with Gasteiger partial charge in [-0.15, -0.1) is 11.3 Å². The van der Waals surface area contributed by atoms with Gasteiger partial charge >= 0.3 is 0 Å². The number of anilines is 1. The summed E-state index contributed by atoms with van der Waals surface area (Å²) in [6.07, 6.45) is 0. The number of hydrogen-bond donors (Lipinski definition) is 1. The molecule has 1 aromatic carbocycles. The van der Waals surface area contributed by atoms with E-state index in [2.05, 4.69) is 5.16 Å². The standard InChI is InChI=1S/C14H10Cl2N2OS/c1-7-6-20-13(11(7)16)12-10(14(17)18-19-12)8-2-4-9(15)5-3-8/h2-6H,1H3,(H2,17,18). The molecule has 102 valence electrons. The summed E-state index contributed by atoms with van der Waals surface area (Å²) < 4.78 is 5.38. The van der Waals surface area contributed by atoms with Crippen LogP contribution in [0.5, 0.6) is 0 Å². The van der Waals surface area contributed by atoms with E-state index in [1.54, 1.807) is 12.1 Å². The van der Waals surface area contributed by atoms with Crippen molar-refractivity contribution in [2.24, 2.45) is 0 Å². The zero-order valence-corrected chi connectivity index (χ0v) is 12.8. The van der Waals surface area contributed by atoms with Gasteiger partial charge < -0.3 is 10.3 Å². The molecule has 0 radical (unpaired) electrons. The number of nitrogens with two attached hydrogens (primary N) is 1. The molecule has 0 bridgehead atoms. The largest absolute Gasteiger partial charge is 0.380 e. The molecule has 0 aliphatic rings. The van der Waals surface area contributed by atoms with E-state index in [0.29, 0.717) is 21.6 Å². The number of rotatable bonds is 2. The minimum Gasteiger partial charge on any atom is -0.380 e. The van der Waals surface area contributed by atoms with Crippen LogP contribution >= 0.6 is 34.5 Å². The molecule has 0 aliphatic carbocycles. The summed E-state index contributed by atoms with van der Waals surface area (Å²) in [5.41, 5.74) is 8.57. The van der Waals surface area contributed by atoms with Gasteiger partial charge in [0, 0.05) is 5.02 Å². The lowest BCUT2D eigenvalue weighted by Gasteiger charge is -2.02. The maximum atomic E-state index is 6.30. The Balaban J connectivity index is 2.19. The van der Waals surface area contributed by atoms with E-state index in [1.165, 1.54) is 11.3 Å². The van der Waals surface area contributed by atoms with E-state index in [4.69, 9.17) is 33.5 Å². The third-order valence-electron chi connectivity index (χ3n) is 2.96. The minimum atomic E-state index is 0.337. The molecule has 0 unspecified atom stereocenters. The fourth-order valence-corrected chi connectivity index (χ4v) is 3.32. The number of aryl methyl sites for hydroxylation is 1. The molecule has 20 heavy (non-hydrogen) atoms. The number of benzene rings is 1. The summed E-state index contributed by atoms with van der Waals surface area (Å²) >= 11 is 13.7. The normalized spacial score (nSPS) is 10.9. The molecule has 3 aromatic rings. The second-order valence-electron chi connectivity index (χ2n) is 4.34. The predicted octanol–water partition coefficient (Wildman–Crippen LogP) is 5.27. The van der Waals surface area contributed by atoms with Gasteiger partial charge in [-0.25, -0.2) is 0 Å². The van der Waals surface area contributed by atoms with Crippen LogP contribution in [0.25, 0.3) is 21.8 Å². The highest BCUT2D eigenvalue weighted by Crippen LogP contribution is 2.43. The van der Waals surface area contributed by atoms with Crippen molar-refractivity contribution in [1.82, 2.24) is 5.16 Å². The summed E-state index contributed by atoms with van der Waals surface area (Å²) in [4.78, 5) is 0.832. The first-order valence-electron chi connectivity index (χ1n) is 5.83. The third kappa shape index (κ3) is 2.20. The molecule has 2 N–H and O–H groups in total. The molecule has 0 saturated heterocycles. The number of aromatic nitrogens is 1. The molecule has 0 atom stereocenters. The highest BCUT2D eigenvalue weighted by Gasteiger charge is 2.21. The highest BCUT2D eigenvalue weighted by atomic mass is 35.5. The lowest BCUT2D eigenvalue weighted by molar-refractivity contribution is 0.437. The summed E-state index contributed by atoms with van der Waals surface area (Å²) in [7, 11) is 0. The Hall–Kier alpha value is -1.49. The average Bonchev–Trinajstić information content (AvgIpc) is 2.96. The molecule has 6 heteroatoms. The van der Waals surface area contributed by atoms with Gasteiger partial charge in [0.25, 0.3) is 0 Å². The lowest BCUT2D eigenvalue weighted by Crippen LogP contribution is -1.88. The van der Waals surface area contributed by atoms with Crippen molar-refractivity contribution < 1.29 is 4.52 Å². The number of hydrogen-bond acceptors (Lipinski definition) is 4. The van der Waals surface area contributed by atoms with Crippen LogP contribution < -0.4 is 5.73 Å². The van der Waals surface area contributed by atoms with Gasteiger partial charge in [-0.05, 0) is 35.6 Å².